The summed E-state index contributed by atoms with van der Waals surface area (Å²) in [6.45, 7) is 2.64. The third-order valence-corrected chi connectivity index (χ3v) is 4.60. The van der Waals surface area contributed by atoms with Gasteiger partial charge in [-0.05, 0) is 62.4 Å². The summed E-state index contributed by atoms with van der Waals surface area (Å²) in [5, 5.41) is 2.93. The van der Waals surface area contributed by atoms with Crippen LogP contribution in [0.15, 0.2) is 42.5 Å². The number of hydrogen-bond donors (Lipinski definition) is 1. The Morgan fingerprint density at radius 3 is 2.26 bits per heavy atom. The van der Waals surface area contributed by atoms with Crippen LogP contribution in [-0.2, 0) is 11.2 Å². The Kier molecular flexibility index (Phi) is 7.49. The van der Waals surface area contributed by atoms with Gasteiger partial charge in [-0.2, -0.15) is 0 Å². The Morgan fingerprint density at radius 1 is 1.00 bits per heavy atom. The molecule has 1 atom stereocenters. The molecule has 2 aromatic rings. The van der Waals surface area contributed by atoms with E-state index in [0.29, 0.717) is 11.5 Å². The SMILES string of the molecule is COc1ccc(NC(=O)[C@H](C)N(C)CCc2ccc(OC)c(OC)c2)cc1. The number of nitrogens with one attached hydrogen (secondary N) is 1. The summed E-state index contributed by atoms with van der Waals surface area (Å²) < 4.78 is 15.7. The van der Waals surface area contributed by atoms with Gasteiger partial charge in [0.2, 0.25) is 5.91 Å². The molecule has 0 spiro atoms. The van der Waals surface area contributed by atoms with Crippen molar-refractivity contribution in [3.8, 4) is 17.2 Å². The van der Waals surface area contributed by atoms with Crippen LogP contribution >= 0.6 is 0 Å². The van der Waals surface area contributed by atoms with Crippen molar-refractivity contribution in [3.63, 3.8) is 0 Å². The van der Waals surface area contributed by atoms with Gasteiger partial charge < -0.3 is 19.5 Å². The second kappa shape index (κ2) is 9.83. The molecule has 0 aliphatic carbocycles. The summed E-state index contributed by atoms with van der Waals surface area (Å²) in [6, 6.07) is 12.9. The lowest BCUT2D eigenvalue weighted by Crippen LogP contribution is -2.40. The largest absolute Gasteiger partial charge is 0.497 e. The van der Waals surface area contributed by atoms with E-state index in [9.17, 15) is 4.79 Å². The molecule has 0 bridgehead atoms. The van der Waals surface area contributed by atoms with E-state index in [2.05, 4.69) is 5.32 Å². The fourth-order valence-electron chi connectivity index (χ4n) is 2.66. The highest BCUT2D eigenvalue weighted by Gasteiger charge is 2.18. The molecule has 0 aromatic heterocycles. The molecule has 6 heteroatoms. The highest BCUT2D eigenvalue weighted by Crippen LogP contribution is 2.27. The molecule has 146 valence electrons. The molecule has 0 aliphatic rings. The van der Waals surface area contributed by atoms with Crippen molar-refractivity contribution in [3.05, 3.63) is 48.0 Å². The molecule has 2 rings (SSSR count). The normalized spacial score (nSPS) is 11.8. The summed E-state index contributed by atoms with van der Waals surface area (Å²) in [7, 11) is 6.80. The second-order valence-electron chi connectivity index (χ2n) is 6.31. The number of ether oxygens (including phenoxy) is 3. The second-order valence-corrected chi connectivity index (χ2v) is 6.31. The van der Waals surface area contributed by atoms with E-state index in [1.54, 1.807) is 21.3 Å². The van der Waals surface area contributed by atoms with E-state index in [1.165, 1.54) is 0 Å². The molecule has 0 heterocycles. The van der Waals surface area contributed by atoms with Crippen LogP contribution in [0.3, 0.4) is 0 Å². The predicted molar refractivity (Wildman–Crippen MR) is 107 cm³/mol. The van der Waals surface area contributed by atoms with Gasteiger partial charge in [0.1, 0.15) is 5.75 Å². The molecule has 1 N–H and O–H groups in total. The van der Waals surface area contributed by atoms with Crippen molar-refractivity contribution in [2.24, 2.45) is 0 Å². The molecule has 6 nitrogen and oxygen atoms in total. The average molecular weight is 372 g/mol. The number of methoxy groups -OCH3 is 3. The quantitative estimate of drug-likeness (QED) is 0.732. The first-order valence-electron chi connectivity index (χ1n) is 8.84. The molecule has 0 saturated heterocycles. The summed E-state index contributed by atoms with van der Waals surface area (Å²) in [4.78, 5) is 14.5. The summed E-state index contributed by atoms with van der Waals surface area (Å²) in [5.74, 6) is 2.13. The molecular weight excluding hydrogens is 344 g/mol. The number of hydrogen-bond acceptors (Lipinski definition) is 5. The Bertz CT molecular complexity index is 746. The van der Waals surface area contributed by atoms with Gasteiger partial charge in [-0.15, -0.1) is 0 Å². The van der Waals surface area contributed by atoms with Crippen LogP contribution in [0.1, 0.15) is 12.5 Å². The third-order valence-electron chi connectivity index (χ3n) is 4.60. The van der Waals surface area contributed by atoms with Crippen molar-refractivity contribution in [1.29, 1.82) is 0 Å². The van der Waals surface area contributed by atoms with Crippen molar-refractivity contribution < 1.29 is 19.0 Å². The number of nitrogens with zero attached hydrogens (tertiary/aromatic N) is 1. The summed E-state index contributed by atoms with van der Waals surface area (Å²) >= 11 is 0. The third kappa shape index (κ3) is 5.62. The number of carbonyl (C=O) groups is 1. The van der Waals surface area contributed by atoms with Crippen molar-refractivity contribution in [1.82, 2.24) is 4.90 Å². The fourth-order valence-corrected chi connectivity index (χ4v) is 2.66. The van der Waals surface area contributed by atoms with Crippen molar-refractivity contribution in [2.45, 2.75) is 19.4 Å². The molecule has 0 radical (unpaired) electrons. The number of benzene rings is 2. The van der Waals surface area contributed by atoms with Gasteiger partial charge in [0.25, 0.3) is 0 Å². The zero-order chi connectivity index (χ0) is 19.8. The maximum atomic E-state index is 12.5. The molecule has 2 aromatic carbocycles. The van der Waals surface area contributed by atoms with Gasteiger partial charge in [-0.1, -0.05) is 6.07 Å². The van der Waals surface area contributed by atoms with Gasteiger partial charge in [0.05, 0.1) is 27.4 Å². The maximum Gasteiger partial charge on any atom is 0.241 e. The number of carbonyl (C=O) groups excluding carboxylic acids is 1. The van der Waals surface area contributed by atoms with E-state index in [1.807, 2.05) is 61.3 Å². The van der Waals surface area contributed by atoms with E-state index < -0.39 is 0 Å². The van der Waals surface area contributed by atoms with Crippen LogP contribution in [-0.4, -0.2) is 51.8 Å². The lowest BCUT2D eigenvalue weighted by molar-refractivity contribution is -0.120. The lowest BCUT2D eigenvalue weighted by atomic mass is 10.1. The lowest BCUT2D eigenvalue weighted by Gasteiger charge is -2.24. The number of rotatable bonds is 9. The topological polar surface area (TPSA) is 60.0 Å². The van der Waals surface area contributed by atoms with E-state index in [0.717, 1.165) is 30.0 Å². The van der Waals surface area contributed by atoms with Gasteiger partial charge in [0.15, 0.2) is 11.5 Å². The predicted octanol–water partition coefficient (Wildman–Crippen LogP) is 3.21. The Balaban J connectivity index is 1.90. The molecular formula is C21H28N2O4. The van der Waals surface area contributed by atoms with Crippen LogP contribution in [0.2, 0.25) is 0 Å². The minimum atomic E-state index is -0.257. The average Bonchev–Trinajstić information content (AvgIpc) is 2.71. The van der Waals surface area contributed by atoms with E-state index in [-0.39, 0.29) is 11.9 Å². The first-order valence-corrected chi connectivity index (χ1v) is 8.84. The molecule has 27 heavy (non-hydrogen) atoms. The van der Waals surface area contributed by atoms with Gasteiger partial charge in [-0.3, -0.25) is 9.69 Å². The smallest absolute Gasteiger partial charge is 0.241 e. The number of likely N-dealkylation sites (N-methyl/N-ethyl adjacent to an activating group) is 1. The van der Waals surface area contributed by atoms with Crippen molar-refractivity contribution >= 4 is 11.6 Å². The first-order chi connectivity index (χ1) is 13.0. The highest BCUT2D eigenvalue weighted by molar-refractivity contribution is 5.94. The van der Waals surface area contributed by atoms with E-state index >= 15 is 0 Å². The standard InChI is InChI=1S/C21H28N2O4/c1-15(21(24)22-17-7-9-18(25-3)10-8-17)23(2)13-12-16-6-11-19(26-4)20(14-16)27-5/h6-11,14-15H,12-13H2,1-5H3,(H,22,24)/t15-/m0/s1. The fraction of sp³-hybridized carbons (Fsp3) is 0.381. The molecule has 0 unspecified atom stereocenters. The van der Waals surface area contributed by atoms with Crippen LogP contribution in [0, 0.1) is 0 Å². The number of amides is 1. The van der Waals surface area contributed by atoms with Gasteiger partial charge in [0, 0.05) is 12.2 Å². The van der Waals surface area contributed by atoms with E-state index in [4.69, 9.17) is 14.2 Å². The minimum absolute atomic E-state index is 0.0463. The molecule has 1 amide bonds. The van der Waals surface area contributed by atoms with Crippen LogP contribution in [0.4, 0.5) is 5.69 Å². The van der Waals surface area contributed by atoms with Gasteiger partial charge in [-0.25, -0.2) is 0 Å². The first kappa shape index (κ1) is 20.6. The maximum absolute atomic E-state index is 12.5. The van der Waals surface area contributed by atoms with Gasteiger partial charge >= 0.3 is 0 Å². The molecule has 0 aliphatic heterocycles. The highest BCUT2D eigenvalue weighted by atomic mass is 16.5. The molecule has 0 saturated carbocycles. The van der Waals surface area contributed by atoms with Crippen LogP contribution in [0.25, 0.3) is 0 Å². The summed E-state index contributed by atoms with van der Waals surface area (Å²) in [5.41, 5.74) is 1.88. The Labute approximate surface area is 161 Å². The van der Waals surface area contributed by atoms with Crippen LogP contribution in [0.5, 0.6) is 17.2 Å². The Morgan fingerprint density at radius 2 is 1.67 bits per heavy atom. The zero-order valence-electron chi connectivity index (χ0n) is 16.6. The van der Waals surface area contributed by atoms with Crippen molar-refractivity contribution in [2.75, 3.05) is 40.2 Å². The summed E-state index contributed by atoms with van der Waals surface area (Å²) in [6.07, 6.45) is 0.803. The van der Waals surface area contributed by atoms with Crippen LogP contribution < -0.4 is 19.5 Å². The number of anilines is 1. The monoisotopic (exact) mass is 372 g/mol. The molecule has 0 fully saturated rings. The zero-order valence-corrected chi connectivity index (χ0v) is 16.6. The minimum Gasteiger partial charge on any atom is -0.497 e. The Hall–Kier alpha value is -2.73.